The highest BCUT2D eigenvalue weighted by Crippen LogP contribution is 2.26. The topological polar surface area (TPSA) is 113 Å². The number of likely N-dealkylation sites (tertiary alicyclic amines) is 1. The number of benzene rings is 1. The molecular weight excluding hydrogens is 442 g/mol. The van der Waals surface area contributed by atoms with Crippen LogP contribution in [0.25, 0.3) is 0 Å². The summed E-state index contributed by atoms with van der Waals surface area (Å²) >= 11 is 12.0. The molecule has 1 heterocycles. The molecule has 8 nitrogen and oxygen atoms in total. The van der Waals surface area contributed by atoms with Gasteiger partial charge < -0.3 is 15.2 Å². The van der Waals surface area contributed by atoms with Crippen LogP contribution in [0.3, 0.4) is 0 Å². The lowest BCUT2D eigenvalue weighted by Crippen LogP contribution is -2.55. The average molecular weight is 463 g/mol. The predicted molar refractivity (Wildman–Crippen MR) is 106 cm³/mol. The number of piperidine rings is 1. The standard InChI is InChI=1S/C19H21Cl2FN2O6/c20-12-5-3-4-11(17(12)21)10-30-19(29)24-7-2-1-6-14(24)18(28)23-13(8-16(26)27)15(25)9-22/h3-5,13-14H,1-2,6-10H2,(H,23,28)(H,26,27). The molecule has 0 saturated carbocycles. The van der Waals surface area contributed by atoms with Crippen molar-refractivity contribution in [2.45, 2.75) is 44.4 Å². The van der Waals surface area contributed by atoms with Crippen molar-refractivity contribution in [2.24, 2.45) is 0 Å². The van der Waals surface area contributed by atoms with Gasteiger partial charge in [-0.15, -0.1) is 0 Å². The molecule has 2 N–H and O–H groups in total. The number of alkyl halides is 1. The van der Waals surface area contributed by atoms with Gasteiger partial charge in [0.15, 0.2) is 5.78 Å². The third-order valence-electron chi connectivity index (χ3n) is 4.64. The zero-order valence-electron chi connectivity index (χ0n) is 15.9. The quantitative estimate of drug-likeness (QED) is 0.613. The van der Waals surface area contributed by atoms with Gasteiger partial charge >= 0.3 is 12.1 Å². The number of amides is 2. The summed E-state index contributed by atoms with van der Waals surface area (Å²) < 4.78 is 18.0. The Morgan fingerprint density at radius 3 is 2.67 bits per heavy atom. The molecule has 0 radical (unpaired) electrons. The summed E-state index contributed by atoms with van der Waals surface area (Å²) in [6.07, 6.45) is 0.0560. The molecule has 1 aliphatic heterocycles. The van der Waals surface area contributed by atoms with Crippen LogP contribution in [0.2, 0.25) is 10.0 Å². The fraction of sp³-hybridized carbons (Fsp3) is 0.474. The summed E-state index contributed by atoms with van der Waals surface area (Å²) in [5, 5.41) is 11.7. The molecule has 2 atom stereocenters. The van der Waals surface area contributed by atoms with E-state index in [4.69, 9.17) is 33.0 Å². The number of aliphatic carboxylic acids is 1. The molecule has 2 amide bonds. The number of carbonyl (C=O) groups excluding carboxylic acids is 3. The van der Waals surface area contributed by atoms with E-state index in [-0.39, 0.29) is 18.2 Å². The van der Waals surface area contributed by atoms with E-state index in [1.165, 1.54) is 4.90 Å². The van der Waals surface area contributed by atoms with Gasteiger partial charge in [0.05, 0.1) is 16.5 Å². The maximum Gasteiger partial charge on any atom is 0.410 e. The monoisotopic (exact) mass is 462 g/mol. The Labute approximate surface area is 182 Å². The molecule has 1 saturated heterocycles. The van der Waals surface area contributed by atoms with Gasteiger partial charge in [0, 0.05) is 12.1 Å². The summed E-state index contributed by atoms with van der Waals surface area (Å²) in [5.74, 6) is -3.15. The van der Waals surface area contributed by atoms with Crippen LogP contribution in [0.5, 0.6) is 0 Å². The summed E-state index contributed by atoms with van der Waals surface area (Å²) in [4.78, 5) is 48.9. The van der Waals surface area contributed by atoms with Gasteiger partial charge in [-0.1, -0.05) is 35.3 Å². The second-order valence-corrected chi connectivity index (χ2v) is 7.52. The average Bonchev–Trinajstić information content (AvgIpc) is 2.73. The number of carboxylic acid groups (broad SMARTS) is 1. The van der Waals surface area contributed by atoms with E-state index in [0.29, 0.717) is 29.8 Å². The van der Waals surface area contributed by atoms with Crippen molar-refractivity contribution in [1.82, 2.24) is 10.2 Å². The Kier molecular flexibility index (Phi) is 8.86. The van der Waals surface area contributed by atoms with E-state index in [2.05, 4.69) is 5.32 Å². The van der Waals surface area contributed by atoms with Crippen LogP contribution in [0, 0.1) is 0 Å². The molecule has 2 unspecified atom stereocenters. The van der Waals surface area contributed by atoms with Crippen LogP contribution in [0.4, 0.5) is 9.18 Å². The van der Waals surface area contributed by atoms with Crippen LogP contribution < -0.4 is 5.32 Å². The second kappa shape index (κ2) is 11.1. The van der Waals surface area contributed by atoms with Crippen molar-refractivity contribution in [1.29, 1.82) is 0 Å². The van der Waals surface area contributed by atoms with Crippen molar-refractivity contribution >= 4 is 47.0 Å². The van der Waals surface area contributed by atoms with E-state index in [0.717, 1.165) is 0 Å². The number of halogens is 3. The fourth-order valence-electron chi connectivity index (χ4n) is 3.09. The van der Waals surface area contributed by atoms with Gasteiger partial charge in [0.2, 0.25) is 5.91 Å². The van der Waals surface area contributed by atoms with Crippen LogP contribution in [0.1, 0.15) is 31.2 Å². The summed E-state index contributed by atoms with van der Waals surface area (Å²) in [6.45, 7) is -1.33. The molecule has 0 spiro atoms. The number of Topliss-reactive ketones (excluding diaryl/α,β-unsaturated/α-hetero) is 1. The maximum absolute atomic E-state index is 12.7. The lowest BCUT2D eigenvalue weighted by molar-refractivity contribution is -0.140. The van der Waals surface area contributed by atoms with E-state index in [9.17, 15) is 23.6 Å². The van der Waals surface area contributed by atoms with Crippen LogP contribution >= 0.6 is 23.2 Å². The summed E-state index contributed by atoms with van der Waals surface area (Å²) in [6, 6.07) is 2.40. The molecular formula is C19H21Cl2FN2O6. The van der Waals surface area contributed by atoms with Gasteiger partial charge in [-0.05, 0) is 25.3 Å². The third-order valence-corrected chi connectivity index (χ3v) is 5.50. The highest BCUT2D eigenvalue weighted by Gasteiger charge is 2.35. The smallest absolute Gasteiger partial charge is 0.410 e. The molecule has 1 aromatic carbocycles. The molecule has 0 aromatic heterocycles. The van der Waals surface area contributed by atoms with E-state index < -0.39 is 48.9 Å². The Morgan fingerprint density at radius 2 is 2.00 bits per heavy atom. The third kappa shape index (κ3) is 6.30. The van der Waals surface area contributed by atoms with Gasteiger partial charge in [-0.25, -0.2) is 9.18 Å². The van der Waals surface area contributed by atoms with E-state index in [1.807, 2.05) is 0 Å². The first-order valence-corrected chi connectivity index (χ1v) is 9.97. The maximum atomic E-state index is 12.7. The summed E-state index contributed by atoms with van der Waals surface area (Å²) in [7, 11) is 0. The molecule has 1 aromatic rings. The van der Waals surface area contributed by atoms with Gasteiger partial charge in [0.1, 0.15) is 25.4 Å². The van der Waals surface area contributed by atoms with Crippen molar-refractivity contribution in [3.8, 4) is 0 Å². The minimum absolute atomic E-state index is 0.162. The molecule has 1 fully saturated rings. The highest BCUT2D eigenvalue weighted by atomic mass is 35.5. The molecule has 1 aliphatic rings. The molecule has 11 heteroatoms. The normalized spacial score (nSPS) is 17.2. The van der Waals surface area contributed by atoms with E-state index in [1.54, 1.807) is 18.2 Å². The number of rotatable bonds is 8. The number of carbonyl (C=O) groups is 4. The Hall–Kier alpha value is -2.39. The molecule has 164 valence electrons. The Balaban J connectivity index is 2.06. The zero-order valence-corrected chi connectivity index (χ0v) is 17.4. The van der Waals surface area contributed by atoms with Crippen molar-refractivity contribution in [3.63, 3.8) is 0 Å². The number of ether oxygens (including phenoxy) is 1. The second-order valence-electron chi connectivity index (χ2n) is 6.73. The minimum Gasteiger partial charge on any atom is -0.481 e. The largest absolute Gasteiger partial charge is 0.481 e. The first kappa shape index (κ1) is 23.9. The minimum atomic E-state index is -1.51. The number of carboxylic acids is 1. The lowest BCUT2D eigenvalue weighted by Gasteiger charge is -2.34. The zero-order chi connectivity index (χ0) is 22.3. The molecule has 0 bridgehead atoms. The van der Waals surface area contributed by atoms with E-state index >= 15 is 0 Å². The number of nitrogens with one attached hydrogen (secondary N) is 1. The number of nitrogens with zero attached hydrogens (tertiary/aromatic N) is 1. The van der Waals surface area contributed by atoms with Gasteiger partial charge in [-0.2, -0.15) is 0 Å². The summed E-state index contributed by atoms with van der Waals surface area (Å²) in [5.41, 5.74) is 0.491. The Morgan fingerprint density at radius 1 is 1.27 bits per heavy atom. The van der Waals surface area contributed by atoms with Gasteiger partial charge in [0.25, 0.3) is 0 Å². The number of ketones is 1. The first-order valence-electron chi connectivity index (χ1n) is 9.21. The van der Waals surface area contributed by atoms with Crippen molar-refractivity contribution < 1.29 is 33.4 Å². The molecule has 2 rings (SSSR count). The lowest BCUT2D eigenvalue weighted by atomic mass is 10.0. The van der Waals surface area contributed by atoms with Crippen molar-refractivity contribution in [3.05, 3.63) is 33.8 Å². The number of hydrogen-bond acceptors (Lipinski definition) is 5. The van der Waals surface area contributed by atoms with Crippen LogP contribution in [0.15, 0.2) is 18.2 Å². The first-order chi connectivity index (χ1) is 14.2. The highest BCUT2D eigenvalue weighted by molar-refractivity contribution is 6.42. The van der Waals surface area contributed by atoms with Crippen LogP contribution in [-0.4, -0.2) is 59.1 Å². The fourth-order valence-corrected chi connectivity index (χ4v) is 3.46. The molecule has 30 heavy (non-hydrogen) atoms. The molecule has 0 aliphatic carbocycles. The predicted octanol–water partition coefficient (Wildman–Crippen LogP) is 2.98. The van der Waals surface area contributed by atoms with Crippen LogP contribution in [-0.2, 0) is 25.7 Å². The van der Waals surface area contributed by atoms with Crippen molar-refractivity contribution in [2.75, 3.05) is 13.2 Å². The Bertz CT molecular complexity index is 822. The SMILES string of the molecule is O=C(O)CC(NC(=O)C1CCCCN1C(=O)OCc1cccc(Cl)c1Cl)C(=O)CF. The number of hydrogen-bond donors (Lipinski definition) is 2. The van der Waals surface area contributed by atoms with Gasteiger partial charge in [-0.3, -0.25) is 19.3 Å².